The molecule has 0 aromatic heterocycles. The number of hydrogen-bond donors (Lipinski definition) is 1. The van der Waals surface area contributed by atoms with E-state index in [1.807, 2.05) is 0 Å². The molecule has 0 radical (unpaired) electrons. The van der Waals surface area contributed by atoms with Gasteiger partial charge in [0.25, 0.3) is 0 Å². The second kappa shape index (κ2) is 3.71. The average Bonchev–Trinajstić information content (AvgIpc) is 2.67. The Morgan fingerprint density at radius 1 is 1.39 bits per heavy atom. The summed E-state index contributed by atoms with van der Waals surface area (Å²) in [5.41, 5.74) is 0. The van der Waals surface area contributed by atoms with E-state index in [9.17, 15) is 14.1 Å². The largest absolute Gasteiger partial charge is 0.477 e. The zero-order valence-electron chi connectivity index (χ0n) is 9.65. The number of fused-ring (bicyclic) bond motifs is 3. The molecule has 8 nitrogen and oxygen atoms in total. The number of carboxylic acids is 1. The fraction of sp³-hybridized carbons (Fsp3) is 0.889. The Kier molecular flexibility index (Phi) is 2.57. The summed E-state index contributed by atoms with van der Waals surface area (Å²) in [5, 5.41) is 9.32. The van der Waals surface area contributed by atoms with Crippen LogP contribution in [0.4, 0.5) is 0 Å². The molecule has 3 aliphatic heterocycles. The smallest absolute Gasteiger partial charge is 0.367 e. The van der Waals surface area contributed by atoms with Crippen LogP contribution >= 0.6 is 0 Å². The van der Waals surface area contributed by atoms with Gasteiger partial charge in [0.05, 0.1) is 6.61 Å². The maximum Gasteiger partial charge on any atom is 0.367 e. The van der Waals surface area contributed by atoms with Gasteiger partial charge < -0.3 is 19.3 Å². The van der Waals surface area contributed by atoms with E-state index in [1.165, 1.54) is 0 Å². The van der Waals surface area contributed by atoms with E-state index in [2.05, 4.69) is 0 Å². The normalized spacial score (nSPS) is 49.7. The van der Waals surface area contributed by atoms with Crippen molar-refractivity contribution in [2.75, 3.05) is 6.61 Å². The SMILES string of the molecule is CC1(C)O[C@H]2[C@@H]3OS(=O)OC[C@@H]3O[C@@]2(C(=O)O)O1. The molecule has 1 unspecified atom stereocenters. The molecular weight excluding hydrogens is 268 g/mol. The van der Waals surface area contributed by atoms with Crippen LogP contribution in [-0.2, 0) is 38.7 Å². The Hall–Kier alpha value is -0.580. The second-order valence-corrected chi connectivity index (χ2v) is 5.56. The van der Waals surface area contributed by atoms with Crippen molar-refractivity contribution in [1.29, 1.82) is 0 Å². The predicted octanol–water partition coefficient (Wildman–Crippen LogP) is -0.688. The first kappa shape index (κ1) is 12.5. The molecule has 3 fully saturated rings. The molecule has 18 heavy (non-hydrogen) atoms. The fourth-order valence-electron chi connectivity index (χ4n) is 2.39. The lowest BCUT2D eigenvalue weighted by atomic mass is 10.1. The van der Waals surface area contributed by atoms with Crippen LogP contribution in [0, 0.1) is 0 Å². The van der Waals surface area contributed by atoms with Crippen molar-refractivity contribution in [3.05, 3.63) is 0 Å². The summed E-state index contributed by atoms with van der Waals surface area (Å²) in [5.74, 6) is -4.35. The Labute approximate surface area is 105 Å². The Morgan fingerprint density at radius 2 is 2.11 bits per heavy atom. The van der Waals surface area contributed by atoms with E-state index in [-0.39, 0.29) is 6.61 Å². The van der Waals surface area contributed by atoms with Gasteiger partial charge in [-0.3, -0.25) is 8.37 Å². The van der Waals surface area contributed by atoms with Crippen LogP contribution in [0.15, 0.2) is 0 Å². The third-order valence-corrected chi connectivity index (χ3v) is 3.70. The molecule has 0 amide bonds. The van der Waals surface area contributed by atoms with Crippen molar-refractivity contribution in [3.63, 3.8) is 0 Å². The average molecular weight is 280 g/mol. The van der Waals surface area contributed by atoms with Crippen molar-refractivity contribution in [1.82, 2.24) is 0 Å². The Morgan fingerprint density at radius 3 is 2.78 bits per heavy atom. The van der Waals surface area contributed by atoms with E-state index in [4.69, 9.17) is 22.6 Å². The van der Waals surface area contributed by atoms with E-state index >= 15 is 0 Å². The van der Waals surface area contributed by atoms with Gasteiger partial charge in [-0.15, -0.1) is 0 Å². The summed E-state index contributed by atoms with van der Waals surface area (Å²) >= 11 is -1.93. The van der Waals surface area contributed by atoms with Crippen LogP contribution in [0.25, 0.3) is 0 Å². The van der Waals surface area contributed by atoms with Gasteiger partial charge in [0.1, 0.15) is 12.2 Å². The summed E-state index contributed by atoms with van der Waals surface area (Å²) in [4.78, 5) is 11.4. The van der Waals surface area contributed by atoms with Crippen molar-refractivity contribution in [3.8, 4) is 0 Å². The number of carbonyl (C=O) groups is 1. The molecule has 3 saturated heterocycles. The zero-order chi connectivity index (χ0) is 13.1. The number of aliphatic carboxylic acids is 1. The van der Waals surface area contributed by atoms with Gasteiger partial charge in [-0.2, -0.15) is 4.21 Å². The lowest BCUT2D eigenvalue weighted by Crippen LogP contribution is -2.48. The molecule has 3 heterocycles. The van der Waals surface area contributed by atoms with Crippen molar-refractivity contribution in [2.45, 2.75) is 43.7 Å². The van der Waals surface area contributed by atoms with Crippen LogP contribution < -0.4 is 0 Å². The van der Waals surface area contributed by atoms with Gasteiger partial charge in [-0.1, -0.05) is 0 Å². The second-order valence-electron chi connectivity index (χ2n) is 4.72. The first-order chi connectivity index (χ1) is 8.34. The molecular formula is C9H12O8S. The summed E-state index contributed by atoms with van der Waals surface area (Å²) in [6.07, 6.45) is -2.46. The lowest BCUT2D eigenvalue weighted by molar-refractivity contribution is -0.265. The molecule has 5 atom stereocenters. The van der Waals surface area contributed by atoms with Gasteiger partial charge in [-0.05, 0) is 13.8 Å². The summed E-state index contributed by atoms with van der Waals surface area (Å²) in [6, 6.07) is 0. The highest BCUT2D eigenvalue weighted by atomic mass is 32.2. The van der Waals surface area contributed by atoms with Gasteiger partial charge in [0, 0.05) is 0 Å². The first-order valence-electron chi connectivity index (χ1n) is 5.35. The number of carboxylic acid groups (broad SMARTS) is 1. The first-order valence-corrected chi connectivity index (χ1v) is 6.35. The van der Waals surface area contributed by atoms with Crippen LogP contribution in [0.5, 0.6) is 0 Å². The standard InChI is InChI=1S/C9H12O8S/c1-8(2)15-6-5-4(3-13-18(12)16-5)14-9(6,17-8)7(10)11/h4-6H,3H2,1-2H3,(H,10,11)/t4-,5+,6-,9+,18?/m0/s1. The Bertz CT molecular complexity index is 423. The predicted molar refractivity (Wildman–Crippen MR) is 54.2 cm³/mol. The highest BCUT2D eigenvalue weighted by Crippen LogP contribution is 2.47. The van der Waals surface area contributed by atoms with E-state index < -0.39 is 47.2 Å². The van der Waals surface area contributed by atoms with Crippen LogP contribution in [-0.4, -0.2) is 51.8 Å². The van der Waals surface area contributed by atoms with Gasteiger partial charge in [-0.25, -0.2) is 4.79 Å². The molecule has 0 aromatic rings. The highest BCUT2D eigenvalue weighted by molar-refractivity contribution is 7.75. The van der Waals surface area contributed by atoms with E-state index in [1.54, 1.807) is 13.8 Å². The molecule has 3 rings (SSSR count). The molecule has 0 aliphatic carbocycles. The summed E-state index contributed by atoms with van der Waals surface area (Å²) in [6.45, 7) is 3.12. The van der Waals surface area contributed by atoms with Gasteiger partial charge in [0.2, 0.25) is 0 Å². The maximum absolute atomic E-state index is 11.4. The highest BCUT2D eigenvalue weighted by Gasteiger charge is 2.71. The third-order valence-electron chi connectivity index (χ3n) is 2.99. The molecule has 0 saturated carbocycles. The zero-order valence-corrected chi connectivity index (χ0v) is 10.5. The molecule has 3 aliphatic rings. The van der Waals surface area contributed by atoms with Gasteiger partial charge >= 0.3 is 23.1 Å². The lowest BCUT2D eigenvalue weighted by Gasteiger charge is -2.27. The van der Waals surface area contributed by atoms with Gasteiger partial charge in [0.15, 0.2) is 11.9 Å². The minimum atomic E-state index is -1.93. The maximum atomic E-state index is 11.4. The minimum Gasteiger partial charge on any atom is -0.477 e. The van der Waals surface area contributed by atoms with E-state index in [0.717, 1.165) is 0 Å². The Balaban J connectivity index is 1.96. The molecule has 0 spiro atoms. The van der Waals surface area contributed by atoms with Crippen LogP contribution in [0.1, 0.15) is 13.8 Å². The molecule has 1 N–H and O–H groups in total. The minimum absolute atomic E-state index is 0.0318. The number of hydrogen-bond acceptors (Lipinski definition) is 7. The summed E-state index contributed by atoms with van der Waals surface area (Å²) in [7, 11) is 0. The quantitative estimate of drug-likeness (QED) is 0.673. The van der Waals surface area contributed by atoms with Crippen LogP contribution in [0.3, 0.4) is 0 Å². The van der Waals surface area contributed by atoms with E-state index in [0.29, 0.717) is 0 Å². The molecule has 0 aromatic carbocycles. The molecule has 9 heteroatoms. The third kappa shape index (κ3) is 1.63. The van der Waals surface area contributed by atoms with Crippen molar-refractivity contribution in [2.24, 2.45) is 0 Å². The van der Waals surface area contributed by atoms with Crippen molar-refractivity contribution < 1.29 is 36.7 Å². The number of ether oxygens (including phenoxy) is 3. The summed E-state index contributed by atoms with van der Waals surface area (Å²) < 4.78 is 37.3. The topological polar surface area (TPSA) is 101 Å². The monoisotopic (exact) mass is 280 g/mol. The molecule has 102 valence electrons. The number of rotatable bonds is 1. The fourth-order valence-corrected chi connectivity index (χ4v) is 3.10. The molecule has 0 bridgehead atoms. The van der Waals surface area contributed by atoms with Crippen LogP contribution in [0.2, 0.25) is 0 Å². The van der Waals surface area contributed by atoms with Crippen molar-refractivity contribution >= 4 is 17.3 Å².